The lowest BCUT2D eigenvalue weighted by Gasteiger charge is -2.35. The van der Waals surface area contributed by atoms with Crippen LogP contribution in [0.3, 0.4) is 0 Å². The second kappa shape index (κ2) is 8.72. The molecule has 134 valence electrons. The number of nitrogens with zero attached hydrogens (tertiary/aromatic N) is 4. The van der Waals surface area contributed by atoms with Crippen molar-refractivity contribution in [2.24, 2.45) is 11.7 Å². The van der Waals surface area contributed by atoms with Crippen molar-refractivity contribution in [1.82, 2.24) is 14.9 Å². The van der Waals surface area contributed by atoms with E-state index in [4.69, 9.17) is 5.73 Å². The molecule has 0 amide bonds. The molecule has 0 spiro atoms. The van der Waals surface area contributed by atoms with Crippen molar-refractivity contribution in [1.29, 1.82) is 0 Å². The van der Waals surface area contributed by atoms with Crippen LogP contribution in [-0.2, 0) is 0 Å². The number of halogens is 1. The third kappa shape index (κ3) is 4.86. The number of hydrogen-bond acceptors (Lipinski definition) is 5. The third-order valence-corrected chi connectivity index (χ3v) is 5.53. The van der Waals surface area contributed by atoms with Crippen LogP contribution in [0, 0.1) is 11.7 Å². The van der Waals surface area contributed by atoms with E-state index >= 15 is 0 Å². The van der Waals surface area contributed by atoms with Crippen LogP contribution in [-0.4, -0.2) is 53.6 Å². The normalized spacial score (nSPS) is 21.8. The average Bonchev–Trinajstić information content (AvgIpc) is 2.64. The van der Waals surface area contributed by atoms with Crippen molar-refractivity contribution in [3.05, 3.63) is 18.2 Å². The van der Waals surface area contributed by atoms with Gasteiger partial charge >= 0.3 is 0 Å². The molecule has 1 aromatic rings. The summed E-state index contributed by atoms with van der Waals surface area (Å²) >= 11 is 0. The summed E-state index contributed by atoms with van der Waals surface area (Å²) in [6, 6.07) is 0.388. The van der Waals surface area contributed by atoms with Crippen LogP contribution in [0.25, 0.3) is 0 Å². The first-order valence-electron chi connectivity index (χ1n) is 9.43. The highest BCUT2D eigenvalue weighted by atomic mass is 19.1. The van der Waals surface area contributed by atoms with Crippen LogP contribution in [0.4, 0.5) is 10.3 Å². The van der Waals surface area contributed by atoms with Gasteiger partial charge in [-0.1, -0.05) is 19.3 Å². The zero-order chi connectivity index (χ0) is 16.8. The second-order valence-electron chi connectivity index (χ2n) is 7.23. The zero-order valence-electron chi connectivity index (χ0n) is 14.5. The molecule has 1 aliphatic heterocycles. The van der Waals surface area contributed by atoms with Gasteiger partial charge in [0, 0.05) is 32.2 Å². The maximum absolute atomic E-state index is 12.9. The average molecular weight is 335 g/mol. The molecule has 0 aromatic carbocycles. The van der Waals surface area contributed by atoms with E-state index in [2.05, 4.69) is 19.8 Å². The summed E-state index contributed by atoms with van der Waals surface area (Å²) in [5.41, 5.74) is 6.40. The fraction of sp³-hybridized carbons (Fsp3) is 0.778. The van der Waals surface area contributed by atoms with Gasteiger partial charge in [0.05, 0.1) is 12.4 Å². The number of anilines is 1. The Morgan fingerprint density at radius 3 is 2.42 bits per heavy atom. The lowest BCUT2D eigenvalue weighted by atomic mass is 9.82. The van der Waals surface area contributed by atoms with Gasteiger partial charge in [-0.2, -0.15) is 0 Å². The molecule has 1 aromatic heterocycles. The largest absolute Gasteiger partial charge is 0.338 e. The lowest BCUT2D eigenvalue weighted by Crippen LogP contribution is -2.47. The molecule has 0 radical (unpaired) electrons. The van der Waals surface area contributed by atoms with Crippen LogP contribution in [0.2, 0.25) is 0 Å². The molecule has 2 fully saturated rings. The first-order chi connectivity index (χ1) is 11.7. The van der Waals surface area contributed by atoms with Gasteiger partial charge in [0.1, 0.15) is 0 Å². The van der Waals surface area contributed by atoms with E-state index in [1.165, 1.54) is 50.9 Å². The van der Waals surface area contributed by atoms with E-state index < -0.39 is 0 Å². The van der Waals surface area contributed by atoms with Crippen LogP contribution < -0.4 is 10.6 Å². The highest BCUT2D eigenvalue weighted by molar-refractivity contribution is 5.29. The van der Waals surface area contributed by atoms with Crippen LogP contribution in [0.5, 0.6) is 0 Å². The molecule has 5 nitrogen and oxygen atoms in total. The van der Waals surface area contributed by atoms with Gasteiger partial charge in [0.2, 0.25) is 5.95 Å². The monoisotopic (exact) mass is 335 g/mol. The Morgan fingerprint density at radius 2 is 1.75 bits per heavy atom. The molecule has 1 atom stereocenters. The first-order valence-corrected chi connectivity index (χ1v) is 9.43. The summed E-state index contributed by atoms with van der Waals surface area (Å²) < 4.78 is 12.9. The van der Waals surface area contributed by atoms with Crippen LogP contribution in [0.15, 0.2) is 12.4 Å². The van der Waals surface area contributed by atoms with E-state index in [0.717, 1.165) is 45.1 Å². The number of aromatic nitrogens is 2. The molecule has 2 N–H and O–H groups in total. The topological polar surface area (TPSA) is 58.3 Å². The summed E-state index contributed by atoms with van der Waals surface area (Å²) in [5.74, 6) is 1.01. The van der Waals surface area contributed by atoms with Gasteiger partial charge < -0.3 is 10.6 Å². The predicted octanol–water partition coefficient (Wildman–Crippen LogP) is 2.43. The van der Waals surface area contributed by atoms with Crippen molar-refractivity contribution >= 4 is 5.95 Å². The van der Waals surface area contributed by atoms with Gasteiger partial charge in [-0.15, -0.1) is 0 Å². The van der Waals surface area contributed by atoms with Crippen molar-refractivity contribution in [3.63, 3.8) is 0 Å². The molecule has 1 unspecified atom stereocenters. The molecule has 6 heteroatoms. The Balaban J connectivity index is 1.34. The Kier molecular flexibility index (Phi) is 6.37. The van der Waals surface area contributed by atoms with Crippen LogP contribution in [0.1, 0.15) is 44.9 Å². The van der Waals surface area contributed by atoms with Gasteiger partial charge in [-0.05, 0) is 38.1 Å². The van der Waals surface area contributed by atoms with Gasteiger partial charge in [-0.25, -0.2) is 14.4 Å². The Hall–Kier alpha value is -1.27. The molecule has 24 heavy (non-hydrogen) atoms. The minimum absolute atomic E-state index is 0.383. The number of nitrogens with two attached hydrogens (primary N) is 1. The van der Waals surface area contributed by atoms with E-state index in [1.54, 1.807) is 0 Å². The van der Waals surface area contributed by atoms with Gasteiger partial charge in [0.15, 0.2) is 5.82 Å². The highest BCUT2D eigenvalue weighted by Crippen LogP contribution is 2.27. The molecular formula is C18H30FN5. The first kappa shape index (κ1) is 17.5. The lowest BCUT2D eigenvalue weighted by molar-refractivity contribution is 0.236. The standard InChI is InChI=1S/C18H30FN5/c19-16-13-21-18(22-14-16)24-11-9-23(10-12-24)8-4-7-17(20)15-5-2-1-3-6-15/h13-15,17H,1-12,20H2. The quantitative estimate of drug-likeness (QED) is 0.865. The molecule has 3 rings (SSSR count). The van der Waals surface area contributed by atoms with Gasteiger partial charge in [-0.3, -0.25) is 4.90 Å². The Morgan fingerprint density at radius 1 is 1.08 bits per heavy atom. The SMILES string of the molecule is NC(CCCN1CCN(c2ncc(F)cn2)CC1)C1CCCCC1. The van der Waals surface area contributed by atoms with Crippen molar-refractivity contribution in [3.8, 4) is 0 Å². The fourth-order valence-corrected chi connectivity index (χ4v) is 3.99. The molecular weight excluding hydrogens is 305 g/mol. The molecule has 2 aliphatic rings. The molecule has 1 saturated heterocycles. The second-order valence-corrected chi connectivity index (χ2v) is 7.23. The summed E-state index contributed by atoms with van der Waals surface area (Å²) in [7, 11) is 0. The number of hydrogen-bond donors (Lipinski definition) is 1. The fourth-order valence-electron chi connectivity index (χ4n) is 3.99. The van der Waals surface area contributed by atoms with Crippen molar-refractivity contribution < 1.29 is 4.39 Å². The van der Waals surface area contributed by atoms with Crippen molar-refractivity contribution in [2.45, 2.75) is 51.0 Å². The predicted molar refractivity (Wildman–Crippen MR) is 94.4 cm³/mol. The Bertz CT molecular complexity index is 481. The summed E-state index contributed by atoms with van der Waals surface area (Å²) in [5, 5.41) is 0. The highest BCUT2D eigenvalue weighted by Gasteiger charge is 2.22. The molecule has 2 heterocycles. The smallest absolute Gasteiger partial charge is 0.225 e. The number of piperazine rings is 1. The van der Waals surface area contributed by atoms with Gasteiger partial charge in [0.25, 0.3) is 0 Å². The molecule has 1 aliphatic carbocycles. The Labute approximate surface area is 144 Å². The third-order valence-electron chi connectivity index (χ3n) is 5.53. The summed E-state index contributed by atoms with van der Waals surface area (Å²) in [4.78, 5) is 12.8. The van der Waals surface area contributed by atoms with Crippen LogP contribution >= 0.6 is 0 Å². The maximum Gasteiger partial charge on any atom is 0.225 e. The number of rotatable bonds is 6. The minimum atomic E-state index is -0.383. The van der Waals surface area contributed by atoms with E-state index in [-0.39, 0.29) is 5.82 Å². The summed E-state index contributed by atoms with van der Waals surface area (Å²) in [6.45, 7) is 4.96. The summed E-state index contributed by atoms with van der Waals surface area (Å²) in [6.07, 6.45) is 11.6. The molecule has 0 bridgehead atoms. The van der Waals surface area contributed by atoms with E-state index in [1.807, 2.05) is 0 Å². The van der Waals surface area contributed by atoms with Crippen molar-refractivity contribution in [2.75, 3.05) is 37.6 Å². The molecule has 1 saturated carbocycles. The van der Waals surface area contributed by atoms with E-state index in [9.17, 15) is 4.39 Å². The maximum atomic E-state index is 12.9. The minimum Gasteiger partial charge on any atom is -0.338 e. The zero-order valence-corrected chi connectivity index (χ0v) is 14.5. The van der Waals surface area contributed by atoms with E-state index in [0.29, 0.717) is 12.0 Å².